The van der Waals surface area contributed by atoms with Crippen LogP contribution in [0.2, 0.25) is 5.02 Å². The van der Waals surface area contributed by atoms with Crippen molar-refractivity contribution in [2.24, 2.45) is 4.99 Å². The highest BCUT2D eigenvalue weighted by molar-refractivity contribution is 8.18. The molecule has 152 valence electrons. The van der Waals surface area contributed by atoms with Crippen LogP contribution in [-0.2, 0) is 4.79 Å². The van der Waals surface area contributed by atoms with E-state index in [4.69, 9.17) is 11.6 Å². The zero-order chi connectivity index (χ0) is 21.1. The minimum Gasteiger partial charge on any atom is -0.287 e. The molecule has 0 aliphatic carbocycles. The predicted octanol–water partition coefficient (Wildman–Crippen LogP) is 7.32. The summed E-state index contributed by atoms with van der Waals surface area (Å²) >= 11 is 10.6. The van der Waals surface area contributed by atoms with Gasteiger partial charge in [-0.3, -0.25) is 9.69 Å². The molecule has 3 aromatic rings. The summed E-state index contributed by atoms with van der Waals surface area (Å²) in [6, 6.07) is 17.7. The van der Waals surface area contributed by atoms with Gasteiger partial charge in [0.2, 0.25) is 0 Å². The van der Waals surface area contributed by atoms with Gasteiger partial charge in [-0.15, -0.1) is 11.3 Å². The maximum atomic E-state index is 13.1. The predicted molar refractivity (Wildman–Crippen MR) is 126 cm³/mol. The van der Waals surface area contributed by atoms with E-state index >= 15 is 0 Å². The summed E-state index contributed by atoms with van der Waals surface area (Å²) in [4.78, 5) is 21.7. The van der Waals surface area contributed by atoms with Crippen LogP contribution in [0, 0.1) is 5.82 Å². The second-order valence-corrected chi connectivity index (χ2v) is 10.2. The first-order valence-corrected chi connectivity index (χ1v) is 11.9. The fourth-order valence-corrected chi connectivity index (χ4v) is 6.03. The quantitative estimate of drug-likeness (QED) is 0.363. The third-order valence-corrected chi connectivity index (χ3v) is 7.59. The first-order chi connectivity index (χ1) is 14.5. The number of carbonyl (C=O) groups excluding carboxylic acids is 1. The lowest BCUT2D eigenvalue weighted by atomic mass is 10.3. The Kier molecular flexibility index (Phi) is 6.63. The van der Waals surface area contributed by atoms with Crippen LogP contribution in [-0.4, -0.2) is 22.5 Å². The van der Waals surface area contributed by atoms with E-state index in [0.717, 1.165) is 14.0 Å². The Morgan fingerprint density at radius 2 is 1.83 bits per heavy atom. The molecule has 0 N–H and O–H groups in total. The Bertz CT molecular complexity index is 1120. The van der Waals surface area contributed by atoms with E-state index in [1.54, 1.807) is 40.1 Å². The summed E-state index contributed by atoms with van der Waals surface area (Å²) in [5.41, 5.74) is 0.615. The maximum absolute atomic E-state index is 13.1. The van der Waals surface area contributed by atoms with Gasteiger partial charge in [-0.1, -0.05) is 23.4 Å². The average Bonchev–Trinajstić information content (AvgIpc) is 3.29. The molecular weight excluding hydrogens is 459 g/mol. The van der Waals surface area contributed by atoms with Crippen molar-refractivity contribution in [2.75, 3.05) is 6.54 Å². The number of halogens is 2. The molecule has 4 rings (SSSR count). The van der Waals surface area contributed by atoms with Crippen molar-refractivity contribution in [3.8, 4) is 0 Å². The summed E-state index contributed by atoms with van der Waals surface area (Å²) in [5, 5.41) is 1.32. The fraction of sp³-hybridized carbons (Fsp3) is 0.0909. The van der Waals surface area contributed by atoms with Crippen LogP contribution in [0.25, 0.3) is 6.08 Å². The Balaban J connectivity index is 1.53. The van der Waals surface area contributed by atoms with Crippen LogP contribution in [0.5, 0.6) is 0 Å². The van der Waals surface area contributed by atoms with Crippen LogP contribution < -0.4 is 0 Å². The SMILES string of the molecule is CCN1C(=O)/C(=C\c2ccc(Sc3ccc(Cl)cc3)s2)SC1=Nc1ccc(F)cc1. The fourth-order valence-electron chi connectivity index (χ4n) is 2.71. The highest BCUT2D eigenvalue weighted by Gasteiger charge is 2.32. The third-order valence-electron chi connectivity index (χ3n) is 4.16. The lowest BCUT2D eigenvalue weighted by Crippen LogP contribution is -2.28. The monoisotopic (exact) mass is 474 g/mol. The molecule has 0 bridgehead atoms. The first kappa shape index (κ1) is 21.2. The lowest BCUT2D eigenvalue weighted by molar-refractivity contribution is -0.122. The van der Waals surface area contributed by atoms with Gasteiger partial charge in [0.05, 0.1) is 14.8 Å². The van der Waals surface area contributed by atoms with Crippen molar-refractivity contribution >= 4 is 69.3 Å². The van der Waals surface area contributed by atoms with Crippen molar-refractivity contribution in [3.05, 3.63) is 81.3 Å². The Hall–Kier alpha value is -2.06. The minimum absolute atomic E-state index is 0.0661. The van der Waals surface area contributed by atoms with Gasteiger partial charge in [-0.25, -0.2) is 9.38 Å². The number of amides is 1. The summed E-state index contributed by atoms with van der Waals surface area (Å²) in [7, 11) is 0. The molecule has 1 aliphatic rings. The van der Waals surface area contributed by atoms with Gasteiger partial charge in [0.15, 0.2) is 5.17 Å². The smallest absolute Gasteiger partial charge is 0.266 e. The van der Waals surface area contributed by atoms with Crippen molar-refractivity contribution in [1.82, 2.24) is 4.90 Å². The molecule has 2 aromatic carbocycles. The highest BCUT2D eigenvalue weighted by Crippen LogP contribution is 2.38. The number of thiophene rings is 1. The van der Waals surface area contributed by atoms with Gasteiger partial charge in [-0.05, 0) is 85.4 Å². The summed E-state index contributed by atoms with van der Waals surface area (Å²) < 4.78 is 14.3. The summed E-state index contributed by atoms with van der Waals surface area (Å²) in [5.74, 6) is -0.379. The van der Waals surface area contributed by atoms with Gasteiger partial charge in [-0.2, -0.15) is 0 Å². The molecule has 1 fully saturated rings. The standard InChI is InChI=1S/C22H16ClFN2OS3/c1-2-26-21(27)19(30-22(26)25-16-7-5-15(24)6-8-16)13-18-11-12-20(29-18)28-17-9-3-14(23)4-10-17/h3-13H,2H2,1H3/b19-13+,25-22?. The van der Waals surface area contributed by atoms with E-state index in [-0.39, 0.29) is 11.7 Å². The third kappa shape index (κ3) is 4.98. The summed E-state index contributed by atoms with van der Waals surface area (Å²) in [6.07, 6.45) is 1.90. The molecule has 1 aliphatic heterocycles. The molecule has 1 amide bonds. The Morgan fingerprint density at radius 1 is 1.10 bits per heavy atom. The van der Waals surface area contributed by atoms with Crippen LogP contribution >= 0.6 is 46.5 Å². The molecule has 30 heavy (non-hydrogen) atoms. The molecule has 0 radical (unpaired) electrons. The number of rotatable bonds is 5. The minimum atomic E-state index is -0.313. The lowest BCUT2D eigenvalue weighted by Gasteiger charge is -2.11. The zero-order valence-corrected chi connectivity index (χ0v) is 19.0. The topological polar surface area (TPSA) is 32.7 Å². The van der Waals surface area contributed by atoms with Gasteiger partial charge in [0.1, 0.15) is 5.82 Å². The average molecular weight is 475 g/mol. The van der Waals surface area contributed by atoms with Crippen LogP contribution in [0.15, 0.2) is 79.7 Å². The molecule has 0 spiro atoms. The van der Waals surface area contributed by atoms with Gasteiger partial charge < -0.3 is 0 Å². The van der Waals surface area contributed by atoms with Crippen molar-refractivity contribution in [2.45, 2.75) is 16.0 Å². The molecule has 1 saturated heterocycles. The molecule has 0 saturated carbocycles. The molecule has 2 heterocycles. The van der Waals surface area contributed by atoms with Crippen LogP contribution in [0.4, 0.5) is 10.1 Å². The van der Waals surface area contributed by atoms with Crippen LogP contribution in [0.3, 0.4) is 0 Å². The van der Waals surface area contributed by atoms with Crippen LogP contribution in [0.1, 0.15) is 11.8 Å². The Morgan fingerprint density at radius 3 is 2.53 bits per heavy atom. The van der Waals surface area contributed by atoms with E-state index in [1.165, 1.54) is 23.9 Å². The van der Waals surface area contributed by atoms with Gasteiger partial charge in [0.25, 0.3) is 5.91 Å². The number of hydrogen-bond acceptors (Lipinski definition) is 5. The number of nitrogens with zero attached hydrogens (tertiary/aromatic N) is 2. The van der Waals surface area contributed by atoms with E-state index in [1.807, 2.05) is 49.4 Å². The largest absolute Gasteiger partial charge is 0.287 e. The van der Waals surface area contributed by atoms with E-state index < -0.39 is 0 Å². The first-order valence-electron chi connectivity index (χ1n) is 9.11. The van der Waals surface area contributed by atoms with E-state index in [0.29, 0.717) is 27.3 Å². The highest BCUT2D eigenvalue weighted by atomic mass is 35.5. The molecule has 8 heteroatoms. The van der Waals surface area contributed by atoms with Crippen molar-refractivity contribution < 1.29 is 9.18 Å². The second kappa shape index (κ2) is 9.39. The number of benzene rings is 2. The number of aliphatic imine (C=N–C) groups is 1. The second-order valence-electron chi connectivity index (χ2n) is 6.24. The number of thioether (sulfide) groups is 1. The number of likely N-dealkylation sites (N-methyl/N-ethyl adjacent to an activating group) is 1. The van der Waals surface area contributed by atoms with Crippen molar-refractivity contribution in [1.29, 1.82) is 0 Å². The van der Waals surface area contributed by atoms with E-state index in [9.17, 15) is 9.18 Å². The van der Waals surface area contributed by atoms with Crippen molar-refractivity contribution in [3.63, 3.8) is 0 Å². The molecule has 1 aromatic heterocycles. The molecule has 3 nitrogen and oxygen atoms in total. The summed E-state index contributed by atoms with van der Waals surface area (Å²) in [6.45, 7) is 2.43. The molecule has 0 atom stereocenters. The maximum Gasteiger partial charge on any atom is 0.266 e. The molecular formula is C22H16ClFN2OS3. The van der Waals surface area contributed by atoms with Gasteiger partial charge in [0, 0.05) is 21.3 Å². The van der Waals surface area contributed by atoms with Gasteiger partial charge >= 0.3 is 0 Å². The normalized spacial score (nSPS) is 16.8. The zero-order valence-electron chi connectivity index (χ0n) is 15.8. The number of hydrogen-bond donors (Lipinski definition) is 0. The molecule has 0 unspecified atom stereocenters. The number of amidine groups is 1. The number of carbonyl (C=O) groups is 1. The van der Waals surface area contributed by atoms with E-state index in [2.05, 4.69) is 4.99 Å². The Labute approximate surface area is 191 Å².